The van der Waals surface area contributed by atoms with E-state index in [0.29, 0.717) is 44.8 Å². The molecule has 0 radical (unpaired) electrons. The number of hydrogen-bond acceptors (Lipinski definition) is 3. The molecule has 1 aromatic heterocycles. The van der Waals surface area contributed by atoms with Crippen molar-refractivity contribution in [3.05, 3.63) is 53.3 Å². The summed E-state index contributed by atoms with van der Waals surface area (Å²) in [6.07, 6.45) is 3.87. The second kappa shape index (κ2) is 7.23. The van der Waals surface area contributed by atoms with E-state index in [1.165, 1.54) is 0 Å². The maximum Gasteiger partial charge on any atom is 0.253 e. The number of hydrogen-bond donors (Lipinski definition) is 1. The first-order valence-corrected chi connectivity index (χ1v) is 9.16. The highest BCUT2D eigenvalue weighted by atomic mass is 16.5. The van der Waals surface area contributed by atoms with Crippen LogP contribution in [-0.4, -0.2) is 59.4 Å². The molecule has 3 heterocycles. The summed E-state index contributed by atoms with van der Waals surface area (Å²) in [6, 6.07) is 9.49. The largest absolute Gasteiger partial charge is 0.493 e. The van der Waals surface area contributed by atoms with Gasteiger partial charge in [-0.2, -0.15) is 0 Å². The zero-order valence-corrected chi connectivity index (χ0v) is 14.7. The van der Waals surface area contributed by atoms with E-state index < -0.39 is 0 Å². The molecule has 2 aliphatic rings. The standard InChI is InChI=1S/C20H23N3O3/c24-19(14-17-3-1-7-21-17)22-8-2-9-23(11-10-22)20(25)16-4-5-18-15(13-16)6-12-26-18/h1,3-5,7,13,21H,2,6,8-12,14H2. The number of nitrogens with zero attached hydrogens (tertiary/aromatic N) is 2. The molecule has 1 saturated heterocycles. The van der Waals surface area contributed by atoms with Gasteiger partial charge in [0.2, 0.25) is 5.91 Å². The summed E-state index contributed by atoms with van der Waals surface area (Å²) in [5.41, 5.74) is 2.74. The van der Waals surface area contributed by atoms with Gasteiger partial charge in [0, 0.05) is 50.1 Å². The van der Waals surface area contributed by atoms with Gasteiger partial charge < -0.3 is 19.5 Å². The number of aromatic amines is 1. The van der Waals surface area contributed by atoms with Crippen LogP contribution in [0.2, 0.25) is 0 Å². The topological polar surface area (TPSA) is 65.6 Å². The van der Waals surface area contributed by atoms with E-state index in [4.69, 9.17) is 4.74 Å². The molecule has 0 saturated carbocycles. The van der Waals surface area contributed by atoms with E-state index in [1.807, 2.05) is 46.3 Å². The summed E-state index contributed by atoms with van der Waals surface area (Å²) in [6.45, 7) is 3.22. The van der Waals surface area contributed by atoms with Crippen LogP contribution in [0.4, 0.5) is 0 Å². The average molecular weight is 353 g/mol. The van der Waals surface area contributed by atoms with Gasteiger partial charge in [0.25, 0.3) is 5.91 Å². The minimum absolute atomic E-state index is 0.0402. The zero-order chi connectivity index (χ0) is 17.9. The van der Waals surface area contributed by atoms with E-state index in [2.05, 4.69) is 4.98 Å². The number of ether oxygens (including phenoxy) is 1. The van der Waals surface area contributed by atoms with Crippen molar-refractivity contribution in [3.63, 3.8) is 0 Å². The van der Waals surface area contributed by atoms with E-state index in [1.54, 1.807) is 0 Å². The van der Waals surface area contributed by atoms with Gasteiger partial charge in [-0.3, -0.25) is 9.59 Å². The molecule has 0 aliphatic carbocycles. The molecule has 1 aromatic carbocycles. The Bertz CT molecular complexity index is 801. The first-order chi connectivity index (χ1) is 12.7. The lowest BCUT2D eigenvalue weighted by atomic mass is 10.1. The van der Waals surface area contributed by atoms with Crippen molar-refractivity contribution in [1.82, 2.24) is 14.8 Å². The van der Waals surface area contributed by atoms with Crippen LogP contribution in [0, 0.1) is 0 Å². The van der Waals surface area contributed by atoms with Crippen molar-refractivity contribution in [3.8, 4) is 5.75 Å². The quantitative estimate of drug-likeness (QED) is 0.916. The highest BCUT2D eigenvalue weighted by Crippen LogP contribution is 2.26. The monoisotopic (exact) mass is 353 g/mol. The third-order valence-electron chi connectivity index (χ3n) is 5.08. The lowest BCUT2D eigenvalue weighted by molar-refractivity contribution is -0.130. The van der Waals surface area contributed by atoms with Gasteiger partial charge in [0.05, 0.1) is 13.0 Å². The number of H-pyrrole nitrogens is 1. The molecule has 0 bridgehead atoms. The molecule has 6 heteroatoms. The molecule has 2 amide bonds. The van der Waals surface area contributed by atoms with Crippen LogP contribution in [0.3, 0.4) is 0 Å². The van der Waals surface area contributed by atoms with Crippen LogP contribution in [0.25, 0.3) is 0 Å². The predicted molar refractivity (Wildman–Crippen MR) is 97.2 cm³/mol. The van der Waals surface area contributed by atoms with E-state index in [9.17, 15) is 9.59 Å². The third kappa shape index (κ3) is 3.45. The fourth-order valence-corrected chi connectivity index (χ4v) is 3.62. The van der Waals surface area contributed by atoms with Gasteiger partial charge in [-0.1, -0.05) is 0 Å². The lowest BCUT2D eigenvalue weighted by Crippen LogP contribution is -2.38. The summed E-state index contributed by atoms with van der Waals surface area (Å²) in [5.74, 6) is 1.04. The SMILES string of the molecule is O=C(Cc1ccc[nH]1)N1CCCN(C(=O)c2ccc3c(c2)CCO3)CC1. The smallest absolute Gasteiger partial charge is 0.253 e. The van der Waals surface area contributed by atoms with E-state index >= 15 is 0 Å². The summed E-state index contributed by atoms with van der Waals surface area (Å²) >= 11 is 0. The van der Waals surface area contributed by atoms with Crippen molar-refractivity contribution in [2.75, 3.05) is 32.8 Å². The van der Waals surface area contributed by atoms with E-state index in [0.717, 1.165) is 29.8 Å². The Hall–Kier alpha value is -2.76. The molecule has 1 N–H and O–H groups in total. The fraction of sp³-hybridized carbons (Fsp3) is 0.400. The molecule has 0 spiro atoms. The fourth-order valence-electron chi connectivity index (χ4n) is 3.62. The zero-order valence-electron chi connectivity index (χ0n) is 14.7. The number of rotatable bonds is 3. The molecule has 0 atom stereocenters. The maximum atomic E-state index is 12.9. The Morgan fingerprint density at radius 2 is 1.92 bits per heavy atom. The average Bonchev–Trinajstić information content (AvgIpc) is 3.27. The first-order valence-electron chi connectivity index (χ1n) is 9.16. The normalized spacial score (nSPS) is 16.8. The Balaban J connectivity index is 1.38. The van der Waals surface area contributed by atoms with Gasteiger partial charge in [-0.05, 0) is 42.3 Å². The van der Waals surface area contributed by atoms with Crippen LogP contribution in [0.1, 0.15) is 28.0 Å². The van der Waals surface area contributed by atoms with Crippen molar-refractivity contribution in [2.24, 2.45) is 0 Å². The number of aromatic nitrogens is 1. The summed E-state index contributed by atoms with van der Waals surface area (Å²) in [4.78, 5) is 32.1. The van der Waals surface area contributed by atoms with Gasteiger partial charge in [0.1, 0.15) is 5.75 Å². The van der Waals surface area contributed by atoms with Gasteiger partial charge in [-0.15, -0.1) is 0 Å². The van der Waals surface area contributed by atoms with Gasteiger partial charge >= 0.3 is 0 Å². The molecule has 6 nitrogen and oxygen atoms in total. The molecular formula is C20H23N3O3. The number of amides is 2. The van der Waals surface area contributed by atoms with Crippen LogP contribution < -0.4 is 4.74 Å². The predicted octanol–water partition coefficient (Wildman–Crippen LogP) is 1.87. The third-order valence-corrected chi connectivity index (χ3v) is 5.08. The summed E-state index contributed by atoms with van der Waals surface area (Å²) in [5, 5.41) is 0. The molecule has 2 aliphatic heterocycles. The second-order valence-corrected chi connectivity index (χ2v) is 6.82. The van der Waals surface area contributed by atoms with Crippen LogP contribution >= 0.6 is 0 Å². The number of nitrogens with one attached hydrogen (secondary N) is 1. The Morgan fingerprint density at radius 3 is 2.77 bits per heavy atom. The first kappa shape index (κ1) is 16.7. The van der Waals surface area contributed by atoms with Crippen molar-refractivity contribution < 1.29 is 14.3 Å². The second-order valence-electron chi connectivity index (χ2n) is 6.82. The summed E-state index contributed by atoms with van der Waals surface area (Å²) < 4.78 is 5.51. The van der Waals surface area contributed by atoms with Gasteiger partial charge in [-0.25, -0.2) is 0 Å². The highest BCUT2D eigenvalue weighted by Gasteiger charge is 2.24. The maximum absolute atomic E-state index is 12.9. The minimum Gasteiger partial charge on any atom is -0.493 e. The number of carbonyl (C=O) groups is 2. The molecule has 136 valence electrons. The Morgan fingerprint density at radius 1 is 1.08 bits per heavy atom. The molecule has 4 rings (SSSR count). The van der Waals surface area contributed by atoms with Crippen molar-refractivity contribution >= 4 is 11.8 Å². The number of carbonyl (C=O) groups excluding carboxylic acids is 2. The lowest BCUT2D eigenvalue weighted by Gasteiger charge is -2.22. The Kier molecular flexibility index (Phi) is 4.65. The molecule has 1 fully saturated rings. The van der Waals surface area contributed by atoms with Crippen LogP contribution in [0.5, 0.6) is 5.75 Å². The Labute approximate surface area is 152 Å². The number of benzene rings is 1. The van der Waals surface area contributed by atoms with E-state index in [-0.39, 0.29) is 11.8 Å². The minimum atomic E-state index is 0.0402. The van der Waals surface area contributed by atoms with Crippen LogP contribution in [-0.2, 0) is 17.6 Å². The highest BCUT2D eigenvalue weighted by molar-refractivity contribution is 5.94. The molecular weight excluding hydrogens is 330 g/mol. The molecule has 0 unspecified atom stereocenters. The van der Waals surface area contributed by atoms with Crippen molar-refractivity contribution in [1.29, 1.82) is 0 Å². The molecule has 26 heavy (non-hydrogen) atoms. The van der Waals surface area contributed by atoms with Crippen LogP contribution in [0.15, 0.2) is 36.5 Å². The van der Waals surface area contributed by atoms with Gasteiger partial charge in [0.15, 0.2) is 0 Å². The van der Waals surface area contributed by atoms with Crippen molar-refractivity contribution in [2.45, 2.75) is 19.3 Å². The summed E-state index contributed by atoms with van der Waals surface area (Å²) in [7, 11) is 0. The molecule has 2 aromatic rings. The number of fused-ring (bicyclic) bond motifs is 1.